The summed E-state index contributed by atoms with van der Waals surface area (Å²) >= 11 is 0. The Morgan fingerprint density at radius 3 is 2.89 bits per heavy atom. The second-order valence-corrected chi connectivity index (χ2v) is 5.25. The number of ketones is 1. The predicted molar refractivity (Wildman–Crippen MR) is 70.5 cm³/mol. The Morgan fingerprint density at radius 1 is 1.33 bits per heavy atom. The normalized spacial score (nSPS) is 13.6. The summed E-state index contributed by atoms with van der Waals surface area (Å²) in [4.78, 5) is 16.4. The van der Waals surface area contributed by atoms with Crippen LogP contribution in [0.25, 0.3) is 11.3 Å². The minimum Gasteiger partial charge on any atom is -0.330 e. The van der Waals surface area contributed by atoms with E-state index in [1.165, 1.54) is 0 Å². The number of imidazole rings is 1. The fourth-order valence-electron chi connectivity index (χ4n) is 2.56. The fourth-order valence-corrected chi connectivity index (χ4v) is 2.56. The molecule has 0 spiro atoms. The number of fused-ring (bicyclic) bond motifs is 3. The van der Waals surface area contributed by atoms with Gasteiger partial charge in [-0.15, -0.1) is 0 Å². The number of benzene rings is 1. The third-order valence-corrected chi connectivity index (χ3v) is 3.29. The Kier molecular flexibility index (Phi) is 2.54. The van der Waals surface area contributed by atoms with Gasteiger partial charge in [0.05, 0.1) is 12.0 Å². The molecule has 0 fully saturated rings. The summed E-state index contributed by atoms with van der Waals surface area (Å²) in [7, 11) is 0. The van der Waals surface area contributed by atoms with Crippen LogP contribution in [0.3, 0.4) is 0 Å². The van der Waals surface area contributed by atoms with Crippen molar-refractivity contribution in [2.75, 3.05) is 0 Å². The van der Waals surface area contributed by atoms with Crippen LogP contribution in [0.2, 0.25) is 0 Å². The van der Waals surface area contributed by atoms with Gasteiger partial charge < -0.3 is 4.57 Å². The molecule has 0 saturated carbocycles. The molecule has 0 saturated heterocycles. The number of hydrogen-bond donors (Lipinski definition) is 0. The lowest BCUT2D eigenvalue weighted by atomic mass is 9.91. The van der Waals surface area contributed by atoms with Crippen LogP contribution >= 0.6 is 0 Å². The molecule has 0 amide bonds. The Balaban J connectivity index is 2.19. The second-order valence-electron chi connectivity index (χ2n) is 5.25. The third kappa shape index (κ3) is 1.67. The van der Waals surface area contributed by atoms with E-state index in [0.717, 1.165) is 23.4 Å². The molecule has 1 aromatic heterocycles. The van der Waals surface area contributed by atoms with E-state index in [4.69, 9.17) is 0 Å². The summed E-state index contributed by atoms with van der Waals surface area (Å²) in [6.45, 7) is 5.23. The number of nitrogens with zero attached hydrogens (tertiary/aromatic N) is 2. The van der Waals surface area contributed by atoms with E-state index in [2.05, 4.69) is 29.5 Å². The van der Waals surface area contributed by atoms with E-state index in [9.17, 15) is 4.79 Å². The van der Waals surface area contributed by atoms with Gasteiger partial charge in [0.15, 0.2) is 5.78 Å². The third-order valence-electron chi connectivity index (χ3n) is 3.29. The fraction of sp³-hybridized carbons (Fsp3) is 0.333. The van der Waals surface area contributed by atoms with Crippen molar-refractivity contribution in [2.24, 2.45) is 5.92 Å². The molecule has 0 radical (unpaired) electrons. The van der Waals surface area contributed by atoms with Crippen molar-refractivity contribution in [3.8, 4) is 11.3 Å². The summed E-state index contributed by atoms with van der Waals surface area (Å²) in [5.74, 6) is 0.665. The average Bonchev–Trinajstić information content (AvgIpc) is 2.73. The highest BCUT2D eigenvalue weighted by atomic mass is 16.1. The maximum atomic E-state index is 12.1. The van der Waals surface area contributed by atoms with Crippen LogP contribution in [0.15, 0.2) is 30.6 Å². The molecule has 92 valence electrons. The molecule has 0 aliphatic heterocycles. The standard InChI is InChI=1S/C15H16N2O/c1-10(2)8-17-9-16-14-13(18)7-11-5-3-4-6-12(11)15(14)17/h3-6,9-10H,7-8H2,1-2H3. The van der Waals surface area contributed by atoms with Crippen molar-refractivity contribution in [1.29, 1.82) is 0 Å². The molecule has 0 N–H and O–H groups in total. The van der Waals surface area contributed by atoms with Gasteiger partial charge >= 0.3 is 0 Å². The molecule has 1 aromatic carbocycles. The highest BCUT2D eigenvalue weighted by Gasteiger charge is 2.26. The van der Waals surface area contributed by atoms with Gasteiger partial charge in [-0.05, 0) is 11.5 Å². The first-order valence-corrected chi connectivity index (χ1v) is 6.33. The maximum absolute atomic E-state index is 12.1. The molecule has 1 aliphatic rings. The van der Waals surface area contributed by atoms with Crippen molar-refractivity contribution in [1.82, 2.24) is 9.55 Å². The van der Waals surface area contributed by atoms with Crippen molar-refractivity contribution in [3.63, 3.8) is 0 Å². The average molecular weight is 240 g/mol. The van der Waals surface area contributed by atoms with Crippen molar-refractivity contribution in [2.45, 2.75) is 26.8 Å². The van der Waals surface area contributed by atoms with Crippen molar-refractivity contribution in [3.05, 3.63) is 41.9 Å². The molecule has 0 bridgehead atoms. The van der Waals surface area contributed by atoms with Crippen LogP contribution < -0.4 is 0 Å². The molecule has 1 heterocycles. The zero-order chi connectivity index (χ0) is 12.7. The number of aromatic nitrogens is 2. The molecule has 0 unspecified atom stereocenters. The Morgan fingerprint density at radius 2 is 2.11 bits per heavy atom. The molecule has 2 aromatic rings. The summed E-state index contributed by atoms with van der Waals surface area (Å²) in [6, 6.07) is 8.12. The lowest BCUT2D eigenvalue weighted by Gasteiger charge is -2.18. The molecule has 3 rings (SSSR count). The molecule has 18 heavy (non-hydrogen) atoms. The maximum Gasteiger partial charge on any atom is 0.187 e. The van der Waals surface area contributed by atoms with E-state index in [1.54, 1.807) is 6.33 Å². The van der Waals surface area contributed by atoms with Crippen LogP contribution in [-0.4, -0.2) is 15.3 Å². The zero-order valence-corrected chi connectivity index (χ0v) is 10.7. The summed E-state index contributed by atoms with van der Waals surface area (Å²) in [5.41, 5.74) is 3.90. The van der Waals surface area contributed by atoms with E-state index in [1.807, 2.05) is 18.2 Å². The minimum atomic E-state index is 0.131. The Labute approximate surface area is 106 Å². The van der Waals surface area contributed by atoms with Crippen LogP contribution in [-0.2, 0) is 13.0 Å². The highest BCUT2D eigenvalue weighted by Crippen LogP contribution is 2.33. The molecular weight excluding hydrogens is 224 g/mol. The molecular formula is C15H16N2O. The summed E-state index contributed by atoms with van der Waals surface area (Å²) in [6.07, 6.45) is 2.27. The number of Topliss-reactive ketones (excluding diaryl/α,β-unsaturated/α-hetero) is 1. The number of rotatable bonds is 2. The Hall–Kier alpha value is -1.90. The quantitative estimate of drug-likeness (QED) is 0.809. The van der Waals surface area contributed by atoms with E-state index in [-0.39, 0.29) is 5.78 Å². The number of hydrogen-bond acceptors (Lipinski definition) is 2. The van der Waals surface area contributed by atoms with Crippen LogP contribution in [0.4, 0.5) is 0 Å². The zero-order valence-electron chi connectivity index (χ0n) is 10.7. The Bertz CT molecular complexity index is 611. The highest BCUT2D eigenvalue weighted by molar-refractivity contribution is 6.05. The van der Waals surface area contributed by atoms with Crippen LogP contribution in [0.5, 0.6) is 0 Å². The molecule has 3 nitrogen and oxygen atoms in total. The van der Waals surface area contributed by atoms with Gasteiger partial charge in [0.1, 0.15) is 5.69 Å². The molecule has 1 aliphatic carbocycles. The van der Waals surface area contributed by atoms with Gasteiger partial charge in [-0.2, -0.15) is 0 Å². The van der Waals surface area contributed by atoms with Gasteiger partial charge in [-0.3, -0.25) is 4.79 Å². The number of carbonyl (C=O) groups is 1. The monoisotopic (exact) mass is 240 g/mol. The second kappa shape index (κ2) is 4.09. The van der Waals surface area contributed by atoms with Gasteiger partial charge in [0.2, 0.25) is 0 Å². The first-order chi connectivity index (χ1) is 8.66. The smallest absolute Gasteiger partial charge is 0.187 e. The molecule has 0 atom stereocenters. The summed E-state index contributed by atoms with van der Waals surface area (Å²) in [5, 5.41) is 0. The topological polar surface area (TPSA) is 34.9 Å². The van der Waals surface area contributed by atoms with Gasteiger partial charge in [0, 0.05) is 18.5 Å². The first-order valence-electron chi connectivity index (χ1n) is 6.33. The first kappa shape index (κ1) is 11.2. The van der Waals surface area contributed by atoms with Crippen molar-refractivity contribution >= 4 is 5.78 Å². The van der Waals surface area contributed by atoms with Crippen LogP contribution in [0, 0.1) is 5.92 Å². The van der Waals surface area contributed by atoms with Crippen molar-refractivity contribution < 1.29 is 4.79 Å². The lowest BCUT2D eigenvalue weighted by Crippen LogP contribution is -2.15. The van der Waals surface area contributed by atoms with Gasteiger partial charge in [-0.1, -0.05) is 38.1 Å². The largest absolute Gasteiger partial charge is 0.330 e. The summed E-state index contributed by atoms with van der Waals surface area (Å²) < 4.78 is 2.11. The SMILES string of the molecule is CC(C)Cn1cnc2c1-c1ccccc1CC2=O. The van der Waals surface area contributed by atoms with Crippen LogP contribution in [0.1, 0.15) is 29.9 Å². The van der Waals surface area contributed by atoms with E-state index in [0.29, 0.717) is 18.0 Å². The number of carbonyl (C=O) groups excluding carboxylic acids is 1. The van der Waals surface area contributed by atoms with E-state index >= 15 is 0 Å². The van der Waals surface area contributed by atoms with Gasteiger partial charge in [-0.25, -0.2) is 4.98 Å². The lowest BCUT2D eigenvalue weighted by molar-refractivity contribution is 0.0987. The predicted octanol–water partition coefficient (Wildman–Crippen LogP) is 2.94. The van der Waals surface area contributed by atoms with E-state index < -0.39 is 0 Å². The van der Waals surface area contributed by atoms with Gasteiger partial charge in [0.25, 0.3) is 0 Å². The minimum absolute atomic E-state index is 0.131. The molecule has 3 heteroatoms.